The number of carbonyl (C=O) groups is 1. The summed E-state index contributed by atoms with van der Waals surface area (Å²) in [6, 6.07) is 18.8. The van der Waals surface area contributed by atoms with Crippen LogP contribution >= 0.6 is 11.3 Å². The maximum absolute atomic E-state index is 12.4. The lowest BCUT2D eigenvalue weighted by Gasteiger charge is -2.17. The minimum atomic E-state index is -0.0784. The van der Waals surface area contributed by atoms with E-state index >= 15 is 0 Å². The van der Waals surface area contributed by atoms with Crippen molar-refractivity contribution in [2.24, 2.45) is 5.41 Å². The number of carbonyl (C=O) groups excluding carboxylic acids is 1. The van der Waals surface area contributed by atoms with E-state index in [1.54, 1.807) is 17.5 Å². The van der Waals surface area contributed by atoms with Gasteiger partial charge < -0.3 is 10.3 Å². The average Bonchev–Trinajstić information content (AvgIpc) is 3.61. The number of benzene rings is 2. The van der Waals surface area contributed by atoms with Gasteiger partial charge in [-0.2, -0.15) is 16.4 Å². The summed E-state index contributed by atoms with van der Waals surface area (Å²) in [6.07, 6.45) is 3.94. The fourth-order valence-electron chi connectivity index (χ4n) is 4.70. The summed E-state index contributed by atoms with van der Waals surface area (Å²) in [5, 5.41) is 17.3. The molecule has 184 valence electrons. The summed E-state index contributed by atoms with van der Waals surface area (Å²) in [5.41, 5.74) is 8.83. The molecule has 0 unspecified atom stereocenters. The number of fused-ring (bicyclic) bond motifs is 2. The van der Waals surface area contributed by atoms with Gasteiger partial charge in [-0.15, -0.1) is 0 Å². The minimum absolute atomic E-state index is 0.0142. The first-order chi connectivity index (χ1) is 17.8. The van der Waals surface area contributed by atoms with Crippen LogP contribution in [-0.4, -0.2) is 26.1 Å². The molecule has 7 heteroatoms. The standard InChI is InChI=1S/C30H27N5OS/c1-30(2,3)14-28(36)32-21-11-20(15-31-16-21)18-7-8-26-24(12-18)29(35-34-26)27-13-23-22(19-9-10-37-17-19)5-4-6-25(23)33-27/h4-13,15-17,33H,14H2,1-3H3,(H,32,36)(H,34,35). The molecule has 0 radical (unpaired) electrons. The molecule has 6 rings (SSSR count). The molecule has 4 heterocycles. The van der Waals surface area contributed by atoms with Crippen LogP contribution in [0, 0.1) is 5.41 Å². The molecule has 0 fully saturated rings. The molecule has 3 N–H and O–H groups in total. The van der Waals surface area contributed by atoms with Crippen molar-refractivity contribution in [1.82, 2.24) is 20.2 Å². The number of hydrogen-bond acceptors (Lipinski definition) is 4. The van der Waals surface area contributed by atoms with Gasteiger partial charge in [-0.25, -0.2) is 0 Å². The maximum Gasteiger partial charge on any atom is 0.224 e. The third-order valence-corrected chi connectivity index (χ3v) is 7.04. The van der Waals surface area contributed by atoms with Gasteiger partial charge >= 0.3 is 0 Å². The Morgan fingerprint density at radius 1 is 0.946 bits per heavy atom. The lowest BCUT2D eigenvalue weighted by Crippen LogP contribution is -2.19. The van der Waals surface area contributed by atoms with Crippen molar-refractivity contribution in [2.45, 2.75) is 27.2 Å². The molecule has 0 saturated heterocycles. The number of rotatable bonds is 5. The van der Waals surface area contributed by atoms with Crippen molar-refractivity contribution in [3.8, 4) is 33.6 Å². The molecule has 6 aromatic rings. The van der Waals surface area contributed by atoms with Crippen molar-refractivity contribution < 1.29 is 4.79 Å². The SMILES string of the molecule is CC(C)(C)CC(=O)Nc1cncc(-c2ccc3[nH]nc(-c4cc5c(-c6ccsc6)cccc5[nH]4)c3c2)c1. The smallest absolute Gasteiger partial charge is 0.224 e. The van der Waals surface area contributed by atoms with Crippen molar-refractivity contribution in [1.29, 1.82) is 0 Å². The number of aromatic nitrogens is 4. The molecule has 0 aliphatic rings. The number of pyridine rings is 1. The monoisotopic (exact) mass is 505 g/mol. The molecule has 4 aromatic heterocycles. The van der Waals surface area contributed by atoms with Crippen molar-refractivity contribution in [3.05, 3.63) is 77.8 Å². The van der Waals surface area contributed by atoms with Gasteiger partial charge in [0.1, 0.15) is 5.69 Å². The van der Waals surface area contributed by atoms with Crippen molar-refractivity contribution in [3.63, 3.8) is 0 Å². The zero-order valence-corrected chi connectivity index (χ0v) is 21.7. The Labute approximate surface area is 218 Å². The summed E-state index contributed by atoms with van der Waals surface area (Å²) in [4.78, 5) is 20.4. The third-order valence-electron chi connectivity index (χ3n) is 6.36. The Morgan fingerprint density at radius 2 is 1.84 bits per heavy atom. The predicted octanol–water partition coefficient (Wildman–Crippen LogP) is 7.88. The molecule has 0 aliphatic heterocycles. The van der Waals surface area contributed by atoms with E-state index < -0.39 is 0 Å². The molecule has 6 nitrogen and oxygen atoms in total. The second-order valence-electron chi connectivity index (χ2n) is 10.5. The zero-order valence-electron chi connectivity index (χ0n) is 20.9. The minimum Gasteiger partial charge on any atom is -0.353 e. The van der Waals surface area contributed by atoms with Crippen LogP contribution in [-0.2, 0) is 4.79 Å². The molecule has 0 saturated carbocycles. The fourth-order valence-corrected chi connectivity index (χ4v) is 5.36. The van der Waals surface area contributed by atoms with E-state index in [0.29, 0.717) is 12.1 Å². The number of anilines is 1. The molecule has 1 amide bonds. The topological polar surface area (TPSA) is 86.5 Å². The van der Waals surface area contributed by atoms with Crippen LogP contribution in [0.2, 0.25) is 0 Å². The highest BCUT2D eigenvalue weighted by Crippen LogP contribution is 2.36. The van der Waals surface area contributed by atoms with Gasteiger partial charge in [-0.1, -0.05) is 39.0 Å². The van der Waals surface area contributed by atoms with E-state index in [9.17, 15) is 4.79 Å². The number of H-pyrrole nitrogens is 2. The lowest BCUT2D eigenvalue weighted by atomic mass is 9.92. The van der Waals surface area contributed by atoms with Crippen LogP contribution in [0.3, 0.4) is 0 Å². The van der Waals surface area contributed by atoms with E-state index in [4.69, 9.17) is 0 Å². The highest BCUT2D eigenvalue weighted by Gasteiger charge is 2.17. The number of hydrogen-bond donors (Lipinski definition) is 3. The Bertz CT molecular complexity index is 1740. The summed E-state index contributed by atoms with van der Waals surface area (Å²) in [6.45, 7) is 6.15. The van der Waals surface area contributed by atoms with Gasteiger partial charge in [-0.05, 0) is 69.3 Å². The van der Waals surface area contributed by atoms with Crippen LogP contribution in [0.15, 0.2) is 77.8 Å². The zero-order chi connectivity index (χ0) is 25.6. The van der Waals surface area contributed by atoms with Crippen molar-refractivity contribution in [2.75, 3.05) is 5.32 Å². The molecule has 37 heavy (non-hydrogen) atoms. The Balaban J connectivity index is 1.36. The summed E-state index contributed by atoms with van der Waals surface area (Å²) >= 11 is 1.70. The van der Waals surface area contributed by atoms with Gasteiger partial charge in [0.15, 0.2) is 0 Å². The Morgan fingerprint density at radius 3 is 2.65 bits per heavy atom. The second kappa shape index (κ2) is 9.01. The lowest BCUT2D eigenvalue weighted by molar-refractivity contribution is -0.117. The van der Waals surface area contributed by atoms with Crippen LogP contribution in [0.25, 0.3) is 55.4 Å². The van der Waals surface area contributed by atoms with E-state index in [1.165, 1.54) is 16.5 Å². The number of nitrogens with zero attached hydrogens (tertiary/aromatic N) is 2. The van der Waals surface area contributed by atoms with Gasteiger partial charge in [0, 0.05) is 34.5 Å². The van der Waals surface area contributed by atoms with Crippen LogP contribution < -0.4 is 5.32 Å². The first kappa shape index (κ1) is 23.2. The first-order valence-corrected chi connectivity index (χ1v) is 13.2. The molecule has 2 aromatic carbocycles. The third kappa shape index (κ3) is 4.66. The number of nitrogens with one attached hydrogen (secondary N) is 3. The van der Waals surface area contributed by atoms with Crippen LogP contribution in [0.4, 0.5) is 5.69 Å². The average molecular weight is 506 g/mol. The van der Waals surface area contributed by atoms with Gasteiger partial charge in [-0.3, -0.25) is 14.9 Å². The summed E-state index contributed by atoms with van der Waals surface area (Å²) in [5.74, 6) is -0.0142. The molecule has 0 atom stereocenters. The molecule has 0 aliphatic carbocycles. The largest absolute Gasteiger partial charge is 0.353 e. The van der Waals surface area contributed by atoms with Crippen LogP contribution in [0.1, 0.15) is 27.2 Å². The number of thiophene rings is 1. The second-order valence-corrected chi connectivity index (χ2v) is 11.3. The maximum atomic E-state index is 12.4. The number of amides is 1. The van der Waals surface area contributed by atoms with E-state index in [-0.39, 0.29) is 11.3 Å². The fraction of sp³-hybridized carbons (Fsp3) is 0.167. The molecule has 0 bridgehead atoms. The van der Waals surface area contributed by atoms with Gasteiger partial charge in [0.2, 0.25) is 5.91 Å². The van der Waals surface area contributed by atoms with E-state index in [1.807, 2.05) is 24.4 Å². The van der Waals surface area contributed by atoms with Gasteiger partial charge in [0.25, 0.3) is 0 Å². The highest BCUT2D eigenvalue weighted by molar-refractivity contribution is 7.08. The van der Waals surface area contributed by atoms with Crippen LogP contribution in [0.5, 0.6) is 0 Å². The summed E-state index contributed by atoms with van der Waals surface area (Å²) < 4.78 is 0. The molecular weight excluding hydrogens is 478 g/mol. The highest BCUT2D eigenvalue weighted by atomic mass is 32.1. The Hall–Kier alpha value is -4.23. The first-order valence-electron chi connectivity index (χ1n) is 12.2. The normalized spacial score (nSPS) is 11.9. The predicted molar refractivity (Wildman–Crippen MR) is 153 cm³/mol. The van der Waals surface area contributed by atoms with E-state index in [2.05, 4.69) is 93.4 Å². The Kier molecular flexibility index (Phi) is 5.65. The quantitative estimate of drug-likeness (QED) is 0.223. The molecular formula is C30H27N5OS. The van der Waals surface area contributed by atoms with E-state index in [0.717, 1.165) is 38.9 Å². The molecule has 0 spiro atoms. The van der Waals surface area contributed by atoms with Crippen molar-refractivity contribution >= 4 is 44.7 Å². The summed E-state index contributed by atoms with van der Waals surface area (Å²) in [7, 11) is 0. The van der Waals surface area contributed by atoms with Gasteiger partial charge in [0.05, 0.1) is 23.1 Å². The number of aromatic amines is 2.